The summed E-state index contributed by atoms with van der Waals surface area (Å²) in [5, 5.41) is 3.99. The molecule has 6 heteroatoms. The van der Waals surface area contributed by atoms with Crippen LogP contribution in [0.4, 0.5) is 0 Å². The van der Waals surface area contributed by atoms with Crippen molar-refractivity contribution in [3.63, 3.8) is 0 Å². The first kappa shape index (κ1) is 10.3. The number of halogens is 1. The third-order valence-corrected chi connectivity index (χ3v) is 3.19. The van der Waals surface area contributed by atoms with Crippen LogP contribution in [0.15, 0.2) is 0 Å². The minimum absolute atomic E-state index is 0.300. The molecule has 1 aliphatic heterocycles. The predicted molar refractivity (Wildman–Crippen MR) is 55.6 cm³/mol. The van der Waals surface area contributed by atoms with Gasteiger partial charge >= 0.3 is 0 Å². The van der Waals surface area contributed by atoms with Gasteiger partial charge in [-0.15, -0.1) is 5.10 Å². The smallest absolute Gasteiger partial charge is 0.138 e. The van der Waals surface area contributed by atoms with Gasteiger partial charge in [0.25, 0.3) is 0 Å². The van der Waals surface area contributed by atoms with Gasteiger partial charge in [0.2, 0.25) is 0 Å². The summed E-state index contributed by atoms with van der Waals surface area (Å²) in [6.45, 7) is 5.53. The number of hydrogen-bond acceptors (Lipinski definition) is 5. The molecule has 1 atom stereocenters. The molecule has 0 saturated carbocycles. The van der Waals surface area contributed by atoms with Crippen LogP contribution in [0, 0.1) is 0 Å². The quantitative estimate of drug-likeness (QED) is 0.774. The molecule has 4 nitrogen and oxygen atoms in total. The standard InChI is InChI=1S/C8H12ClN3OS/c1-6-4-12(2-3-13-6)5-7-8(9)14-11-10-7/h6H,2-5H2,1H3. The maximum atomic E-state index is 5.93. The van der Waals surface area contributed by atoms with E-state index in [1.165, 1.54) is 11.5 Å². The van der Waals surface area contributed by atoms with Gasteiger partial charge in [0.15, 0.2) is 0 Å². The highest BCUT2D eigenvalue weighted by molar-refractivity contribution is 7.10. The normalized spacial score (nSPS) is 24.0. The van der Waals surface area contributed by atoms with Crippen molar-refractivity contribution >= 4 is 23.1 Å². The molecule has 2 heterocycles. The van der Waals surface area contributed by atoms with Crippen molar-refractivity contribution in [2.45, 2.75) is 19.6 Å². The van der Waals surface area contributed by atoms with E-state index in [-0.39, 0.29) is 0 Å². The summed E-state index contributed by atoms with van der Waals surface area (Å²) < 4.78 is 9.96. The first-order valence-corrected chi connectivity index (χ1v) is 5.71. The first-order valence-electron chi connectivity index (χ1n) is 4.56. The van der Waals surface area contributed by atoms with Crippen LogP contribution in [0.5, 0.6) is 0 Å². The van der Waals surface area contributed by atoms with Crippen LogP contribution in [0.2, 0.25) is 4.34 Å². The van der Waals surface area contributed by atoms with E-state index in [1.807, 2.05) is 0 Å². The Morgan fingerprint density at radius 3 is 3.21 bits per heavy atom. The van der Waals surface area contributed by atoms with Crippen molar-refractivity contribution in [2.75, 3.05) is 19.7 Å². The summed E-state index contributed by atoms with van der Waals surface area (Å²) in [6, 6.07) is 0. The number of nitrogens with zero attached hydrogens (tertiary/aromatic N) is 3. The molecule has 1 aromatic heterocycles. The SMILES string of the molecule is CC1CN(Cc2nnsc2Cl)CCO1. The summed E-state index contributed by atoms with van der Waals surface area (Å²) in [4.78, 5) is 2.29. The molecule has 1 unspecified atom stereocenters. The van der Waals surface area contributed by atoms with Crippen LogP contribution in [-0.4, -0.2) is 40.3 Å². The Bertz CT molecular complexity index is 307. The molecule has 0 aromatic carbocycles. The van der Waals surface area contributed by atoms with E-state index in [4.69, 9.17) is 16.3 Å². The average molecular weight is 234 g/mol. The van der Waals surface area contributed by atoms with Gasteiger partial charge in [-0.05, 0) is 6.92 Å². The van der Waals surface area contributed by atoms with Gasteiger partial charge < -0.3 is 4.74 Å². The molecule has 0 amide bonds. The van der Waals surface area contributed by atoms with Gasteiger partial charge in [-0.3, -0.25) is 4.90 Å². The lowest BCUT2D eigenvalue weighted by molar-refractivity contribution is -0.0215. The van der Waals surface area contributed by atoms with E-state index in [9.17, 15) is 0 Å². The third-order valence-electron chi connectivity index (χ3n) is 2.21. The lowest BCUT2D eigenvalue weighted by atomic mass is 10.3. The Kier molecular flexibility index (Phi) is 3.33. The number of aromatic nitrogens is 2. The van der Waals surface area contributed by atoms with Gasteiger partial charge in [0.1, 0.15) is 10.0 Å². The number of morpholine rings is 1. The fraction of sp³-hybridized carbons (Fsp3) is 0.750. The molecule has 2 rings (SSSR count). The van der Waals surface area contributed by atoms with E-state index >= 15 is 0 Å². The second-order valence-electron chi connectivity index (χ2n) is 3.41. The van der Waals surface area contributed by atoms with Crippen LogP contribution in [0.1, 0.15) is 12.6 Å². The molecule has 0 bridgehead atoms. The van der Waals surface area contributed by atoms with Gasteiger partial charge in [-0.25, -0.2) is 0 Å². The maximum absolute atomic E-state index is 5.93. The van der Waals surface area contributed by atoms with Crippen LogP contribution in [0.3, 0.4) is 0 Å². The van der Waals surface area contributed by atoms with Crippen LogP contribution in [0.25, 0.3) is 0 Å². The Hall–Kier alpha value is -0.230. The topological polar surface area (TPSA) is 38.2 Å². The van der Waals surface area contributed by atoms with Gasteiger partial charge in [-0.2, -0.15) is 0 Å². The van der Waals surface area contributed by atoms with Crippen molar-refractivity contribution in [3.8, 4) is 0 Å². The zero-order valence-corrected chi connectivity index (χ0v) is 9.51. The number of rotatable bonds is 2. The summed E-state index contributed by atoms with van der Waals surface area (Å²) >= 11 is 7.17. The highest BCUT2D eigenvalue weighted by Crippen LogP contribution is 2.19. The molecule has 1 saturated heterocycles. The molecule has 1 aliphatic rings. The Balaban J connectivity index is 1.94. The number of ether oxygens (including phenoxy) is 1. The van der Waals surface area contributed by atoms with Crippen molar-refractivity contribution in [2.24, 2.45) is 0 Å². The Morgan fingerprint density at radius 2 is 2.57 bits per heavy atom. The molecular weight excluding hydrogens is 222 g/mol. The second kappa shape index (κ2) is 4.53. The summed E-state index contributed by atoms with van der Waals surface area (Å²) in [5.74, 6) is 0. The minimum Gasteiger partial charge on any atom is -0.376 e. The van der Waals surface area contributed by atoms with E-state index in [1.54, 1.807) is 0 Å². The van der Waals surface area contributed by atoms with Crippen LogP contribution >= 0.6 is 23.1 Å². The molecule has 0 spiro atoms. The van der Waals surface area contributed by atoms with E-state index in [0.717, 1.165) is 31.9 Å². The molecule has 14 heavy (non-hydrogen) atoms. The van der Waals surface area contributed by atoms with Crippen molar-refractivity contribution in [1.29, 1.82) is 0 Å². The predicted octanol–water partition coefficient (Wildman–Crippen LogP) is 1.41. The maximum Gasteiger partial charge on any atom is 0.138 e. The summed E-state index contributed by atoms with van der Waals surface area (Å²) in [6.07, 6.45) is 0.300. The lowest BCUT2D eigenvalue weighted by Crippen LogP contribution is -2.40. The molecule has 1 aromatic rings. The molecule has 0 aliphatic carbocycles. The fourth-order valence-corrected chi connectivity index (χ4v) is 2.15. The molecule has 78 valence electrons. The fourth-order valence-electron chi connectivity index (χ4n) is 1.54. The second-order valence-corrected chi connectivity index (χ2v) is 4.77. The highest BCUT2D eigenvalue weighted by atomic mass is 35.5. The largest absolute Gasteiger partial charge is 0.376 e. The Morgan fingerprint density at radius 1 is 1.71 bits per heavy atom. The number of hydrogen-bond donors (Lipinski definition) is 0. The lowest BCUT2D eigenvalue weighted by Gasteiger charge is -2.30. The Labute approximate surface area is 92.0 Å². The van der Waals surface area contributed by atoms with Gasteiger partial charge in [0.05, 0.1) is 12.7 Å². The molecule has 0 radical (unpaired) electrons. The summed E-state index contributed by atoms with van der Waals surface area (Å²) in [5.41, 5.74) is 0.880. The van der Waals surface area contributed by atoms with E-state index < -0.39 is 0 Å². The van der Waals surface area contributed by atoms with Crippen molar-refractivity contribution in [3.05, 3.63) is 10.0 Å². The zero-order valence-electron chi connectivity index (χ0n) is 7.94. The average Bonchev–Trinajstić information content (AvgIpc) is 2.52. The highest BCUT2D eigenvalue weighted by Gasteiger charge is 2.18. The van der Waals surface area contributed by atoms with Crippen molar-refractivity contribution < 1.29 is 4.74 Å². The molecular formula is C8H12ClN3OS. The molecule has 1 fully saturated rings. The third kappa shape index (κ3) is 2.42. The van der Waals surface area contributed by atoms with E-state index in [2.05, 4.69) is 21.4 Å². The summed E-state index contributed by atoms with van der Waals surface area (Å²) in [7, 11) is 0. The zero-order chi connectivity index (χ0) is 9.97. The van der Waals surface area contributed by atoms with Crippen LogP contribution < -0.4 is 0 Å². The van der Waals surface area contributed by atoms with E-state index in [0.29, 0.717) is 10.4 Å². The monoisotopic (exact) mass is 233 g/mol. The first-order chi connectivity index (χ1) is 6.75. The molecule has 0 N–H and O–H groups in total. The van der Waals surface area contributed by atoms with Crippen LogP contribution in [-0.2, 0) is 11.3 Å². The van der Waals surface area contributed by atoms with Gasteiger partial charge in [0, 0.05) is 31.2 Å². The van der Waals surface area contributed by atoms with Crippen molar-refractivity contribution in [1.82, 2.24) is 14.5 Å². The minimum atomic E-state index is 0.300. The van der Waals surface area contributed by atoms with Gasteiger partial charge in [-0.1, -0.05) is 16.1 Å².